The van der Waals surface area contributed by atoms with Crippen LogP contribution < -0.4 is 9.47 Å². The maximum atomic E-state index is 13.0. The van der Waals surface area contributed by atoms with Gasteiger partial charge in [0.05, 0.1) is 19.8 Å². The number of imide groups is 1. The summed E-state index contributed by atoms with van der Waals surface area (Å²) in [6.45, 7) is 7.63. The van der Waals surface area contributed by atoms with Gasteiger partial charge in [-0.05, 0) is 56.5 Å². The Morgan fingerprint density at radius 1 is 1.13 bits per heavy atom. The molecule has 1 aliphatic heterocycles. The lowest BCUT2D eigenvalue weighted by molar-refractivity contribution is -0.141. The van der Waals surface area contributed by atoms with Gasteiger partial charge in [0.25, 0.3) is 11.8 Å². The topological polar surface area (TPSA) is 106 Å². The lowest BCUT2D eigenvalue weighted by Gasteiger charge is -2.27. The van der Waals surface area contributed by atoms with E-state index in [4.69, 9.17) is 14.2 Å². The van der Waals surface area contributed by atoms with Gasteiger partial charge in [-0.25, -0.2) is 0 Å². The third kappa shape index (κ3) is 5.72. The number of nitrogens with zero attached hydrogens (tertiary/aromatic N) is 2. The van der Waals surface area contributed by atoms with Gasteiger partial charge in [0.1, 0.15) is 11.6 Å². The molecule has 0 radical (unpaired) electrons. The van der Waals surface area contributed by atoms with Crippen LogP contribution in [0.1, 0.15) is 39.7 Å². The minimum absolute atomic E-state index is 0.0359. The monoisotopic (exact) mass is 426 g/mol. The van der Waals surface area contributed by atoms with Crippen molar-refractivity contribution in [1.82, 2.24) is 4.90 Å². The third-order valence-corrected chi connectivity index (χ3v) is 4.54. The highest BCUT2D eigenvalue weighted by atomic mass is 16.5. The van der Waals surface area contributed by atoms with E-state index in [9.17, 15) is 19.6 Å². The number of benzene rings is 1. The molecular formula is C23H26N2O6. The molecule has 1 aromatic carbocycles. The molecule has 1 aromatic rings. The summed E-state index contributed by atoms with van der Waals surface area (Å²) in [5.41, 5.74) is 1.14. The summed E-state index contributed by atoms with van der Waals surface area (Å²) < 4.78 is 16.1. The van der Waals surface area contributed by atoms with E-state index in [0.29, 0.717) is 35.8 Å². The number of esters is 1. The molecule has 0 unspecified atom stereocenters. The maximum absolute atomic E-state index is 13.0. The molecule has 1 heterocycles. The Labute approximate surface area is 181 Å². The molecule has 8 nitrogen and oxygen atoms in total. The van der Waals surface area contributed by atoms with Gasteiger partial charge in [0.15, 0.2) is 11.5 Å². The summed E-state index contributed by atoms with van der Waals surface area (Å²) in [6, 6.07) is 7.17. The molecule has 0 fully saturated rings. The molecule has 0 saturated heterocycles. The van der Waals surface area contributed by atoms with E-state index in [1.54, 1.807) is 31.2 Å². The Bertz CT molecular complexity index is 971. The number of ether oxygens (including phenoxy) is 3. The predicted octanol–water partition coefficient (Wildman–Crippen LogP) is 3.03. The molecule has 8 heteroatoms. The number of hydrogen-bond acceptors (Lipinski definition) is 7. The Kier molecular flexibility index (Phi) is 8.38. The highest BCUT2D eigenvalue weighted by Crippen LogP contribution is 2.32. The zero-order valence-electron chi connectivity index (χ0n) is 18.2. The second-order valence-electron chi connectivity index (χ2n) is 6.70. The van der Waals surface area contributed by atoms with Crippen molar-refractivity contribution in [2.45, 2.75) is 34.1 Å². The normalized spacial score (nSPS) is 15.2. The molecule has 164 valence electrons. The molecular weight excluding hydrogens is 400 g/mol. The van der Waals surface area contributed by atoms with Gasteiger partial charge in [-0.2, -0.15) is 5.26 Å². The van der Waals surface area contributed by atoms with Crippen LogP contribution in [0.25, 0.3) is 6.08 Å². The van der Waals surface area contributed by atoms with Gasteiger partial charge in [0.2, 0.25) is 0 Å². The molecule has 2 rings (SSSR count). The van der Waals surface area contributed by atoms with Gasteiger partial charge in [-0.1, -0.05) is 6.07 Å². The first kappa shape index (κ1) is 23.7. The van der Waals surface area contributed by atoms with Crippen LogP contribution in [0.3, 0.4) is 0 Å². The van der Waals surface area contributed by atoms with Crippen LogP contribution in [-0.2, 0) is 19.1 Å². The van der Waals surface area contributed by atoms with E-state index in [1.165, 1.54) is 6.92 Å². The van der Waals surface area contributed by atoms with Crippen molar-refractivity contribution in [3.05, 3.63) is 40.5 Å². The summed E-state index contributed by atoms with van der Waals surface area (Å²) in [5, 5.41) is 9.47. The van der Waals surface area contributed by atoms with Crippen LogP contribution in [0.15, 0.2) is 34.9 Å². The quantitative estimate of drug-likeness (QED) is 0.259. The van der Waals surface area contributed by atoms with Gasteiger partial charge < -0.3 is 14.2 Å². The first-order chi connectivity index (χ1) is 14.8. The van der Waals surface area contributed by atoms with Crippen molar-refractivity contribution < 1.29 is 28.6 Å². The van der Waals surface area contributed by atoms with Gasteiger partial charge in [0, 0.05) is 19.0 Å². The summed E-state index contributed by atoms with van der Waals surface area (Å²) in [5.74, 6) is -0.457. The van der Waals surface area contributed by atoms with Crippen molar-refractivity contribution in [1.29, 1.82) is 5.26 Å². The standard InChI is InChI=1S/C23H26N2O6/c1-5-29-20-9-8-17(13-21(20)30-6-2)12-18-15(3)19(14-24)23(28)25(22(18)27)10-7-11-31-16(4)26/h8-9,12-13H,5-7,10-11H2,1-4H3/b18-12-. The van der Waals surface area contributed by atoms with E-state index >= 15 is 0 Å². The molecule has 1 aliphatic rings. The van der Waals surface area contributed by atoms with Crippen molar-refractivity contribution in [3.63, 3.8) is 0 Å². The summed E-state index contributed by atoms with van der Waals surface area (Å²) >= 11 is 0. The van der Waals surface area contributed by atoms with E-state index < -0.39 is 17.8 Å². The van der Waals surface area contributed by atoms with Crippen LogP contribution in [0.4, 0.5) is 0 Å². The number of nitriles is 1. The van der Waals surface area contributed by atoms with Crippen LogP contribution in [0, 0.1) is 11.3 Å². The van der Waals surface area contributed by atoms with Crippen molar-refractivity contribution >= 4 is 23.9 Å². The average Bonchev–Trinajstić information content (AvgIpc) is 2.73. The summed E-state index contributed by atoms with van der Waals surface area (Å²) in [4.78, 5) is 37.6. The summed E-state index contributed by atoms with van der Waals surface area (Å²) in [6.07, 6.45) is 1.90. The fraction of sp³-hybridized carbons (Fsp3) is 0.391. The molecule has 0 aliphatic carbocycles. The number of rotatable bonds is 9. The molecule has 0 atom stereocenters. The van der Waals surface area contributed by atoms with Gasteiger partial charge in [-0.15, -0.1) is 0 Å². The van der Waals surface area contributed by atoms with Crippen LogP contribution >= 0.6 is 0 Å². The average molecular weight is 426 g/mol. The third-order valence-electron chi connectivity index (χ3n) is 4.54. The van der Waals surface area contributed by atoms with Crippen LogP contribution in [-0.4, -0.2) is 49.0 Å². The number of amides is 2. The number of carbonyl (C=O) groups is 3. The lowest BCUT2D eigenvalue weighted by atomic mass is 9.93. The van der Waals surface area contributed by atoms with Crippen molar-refractivity contribution in [2.75, 3.05) is 26.4 Å². The predicted molar refractivity (Wildman–Crippen MR) is 113 cm³/mol. The second-order valence-corrected chi connectivity index (χ2v) is 6.70. The lowest BCUT2D eigenvalue weighted by Crippen LogP contribution is -2.43. The Morgan fingerprint density at radius 3 is 2.42 bits per heavy atom. The molecule has 31 heavy (non-hydrogen) atoms. The van der Waals surface area contributed by atoms with E-state index in [2.05, 4.69) is 0 Å². The Balaban J connectivity index is 2.40. The Morgan fingerprint density at radius 2 is 1.81 bits per heavy atom. The number of carbonyl (C=O) groups excluding carboxylic acids is 3. The SMILES string of the molecule is CCOc1ccc(/C=C2\C(=O)N(CCCOC(C)=O)C(=O)C(C#N)=C2C)cc1OCC. The molecule has 0 N–H and O–H groups in total. The minimum Gasteiger partial charge on any atom is -0.490 e. The summed E-state index contributed by atoms with van der Waals surface area (Å²) in [7, 11) is 0. The van der Waals surface area contributed by atoms with E-state index in [1.807, 2.05) is 19.9 Å². The maximum Gasteiger partial charge on any atom is 0.302 e. The fourth-order valence-electron chi connectivity index (χ4n) is 3.10. The number of hydrogen-bond donors (Lipinski definition) is 0. The second kappa shape index (κ2) is 11.0. The first-order valence-corrected chi connectivity index (χ1v) is 10.1. The van der Waals surface area contributed by atoms with Crippen LogP contribution in [0.5, 0.6) is 11.5 Å². The smallest absolute Gasteiger partial charge is 0.302 e. The zero-order valence-corrected chi connectivity index (χ0v) is 18.2. The van der Waals surface area contributed by atoms with E-state index in [0.717, 1.165) is 4.90 Å². The van der Waals surface area contributed by atoms with Crippen LogP contribution in [0.2, 0.25) is 0 Å². The molecule has 0 saturated carbocycles. The fourth-order valence-corrected chi connectivity index (χ4v) is 3.10. The molecule has 0 spiro atoms. The minimum atomic E-state index is -0.647. The van der Waals surface area contributed by atoms with Gasteiger partial charge in [-0.3, -0.25) is 19.3 Å². The van der Waals surface area contributed by atoms with Crippen molar-refractivity contribution in [2.24, 2.45) is 0 Å². The molecule has 0 aromatic heterocycles. The Hall–Kier alpha value is -3.60. The highest BCUT2D eigenvalue weighted by molar-refractivity contribution is 6.19. The molecule has 0 bridgehead atoms. The largest absolute Gasteiger partial charge is 0.490 e. The van der Waals surface area contributed by atoms with E-state index in [-0.39, 0.29) is 30.7 Å². The molecule has 2 amide bonds. The zero-order chi connectivity index (χ0) is 23.0. The first-order valence-electron chi connectivity index (χ1n) is 10.1. The van der Waals surface area contributed by atoms with Gasteiger partial charge >= 0.3 is 5.97 Å². The van der Waals surface area contributed by atoms with Crippen molar-refractivity contribution in [3.8, 4) is 17.6 Å². The highest BCUT2D eigenvalue weighted by Gasteiger charge is 2.35.